The summed E-state index contributed by atoms with van der Waals surface area (Å²) in [6, 6.07) is 10.0. The molecule has 118 valence electrons. The van der Waals surface area contributed by atoms with Gasteiger partial charge in [0.2, 0.25) is 0 Å². The van der Waals surface area contributed by atoms with Crippen molar-refractivity contribution in [3.05, 3.63) is 35.9 Å². The van der Waals surface area contributed by atoms with Gasteiger partial charge in [-0.1, -0.05) is 58.0 Å². The molecule has 1 aromatic rings. The molecule has 0 radical (unpaired) electrons. The molecule has 3 atom stereocenters. The first-order valence-corrected chi connectivity index (χ1v) is 7.52. The molecule has 4 nitrogen and oxygen atoms in total. The predicted octanol–water partition coefficient (Wildman–Crippen LogP) is 2.95. The predicted molar refractivity (Wildman–Crippen MR) is 80.5 cm³/mol. The van der Waals surface area contributed by atoms with E-state index in [0.29, 0.717) is 13.2 Å². The maximum atomic E-state index is 10.2. The fraction of sp³-hybridized carbons (Fsp3) is 0.647. The summed E-state index contributed by atoms with van der Waals surface area (Å²) in [6.45, 7) is 8.87. The van der Waals surface area contributed by atoms with Crippen LogP contribution in [0.2, 0.25) is 0 Å². The van der Waals surface area contributed by atoms with E-state index in [2.05, 4.69) is 0 Å². The van der Waals surface area contributed by atoms with E-state index < -0.39 is 18.0 Å². The van der Waals surface area contributed by atoms with Gasteiger partial charge in [0, 0.05) is 11.3 Å². The maximum absolute atomic E-state index is 10.2. The van der Waals surface area contributed by atoms with Crippen LogP contribution in [0.5, 0.6) is 0 Å². The lowest BCUT2D eigenvalue weighted by Gasteiger charge is -2.46. The highest BCUT2D eigenvalue weighted by Crippen LogP contribution is 2.36. The topological polar surface area (TPSA) is 47.9 Å². The third-order valence-electron chi connectivity index (χ3n) is 3.95. The minimum atomic E-state index is -0.844. The van der Waals surface area contributed by atoms with E-state index in [1.54, 1.807) is 0 Å². The Morgan fingerprint density at radius 1 is 1.19 bits per heavy atom. The first-order chi connectivity index (χ1) is 9.91. The molecular weight excluding hydrogens is 268 g/mol. The van der Waals surface area contributed by atoms with Gasteiger partial charge in [0.15, 0.2) is 12.6 Å². The minimum absolute atomic E-state index is 0.187. The summed E-state index contributed by atoms with van der Waals surface area (Å²) in [7, 11) is 0. The number of aliphatic hydroxyl groups is 1. The van der Waals surface area contributed by atoms with Gasteiger partial charge in [-0.15, -0.1) is 0 Å². The second-order valence-electron chi connectivity index (χ2n) is 6.55. The van der Waals surface area contributed by atoms with Crippen molar-refractivity contribution in [3.63, 3.8) is 0 Å². The number of rotatable bonds is 5. The van der Waals surface area contributed by atoms with Crippen molar-refractivity contribution < 1.29 is 19.3 Å². The molecule has 0 amide bonds. The van der Waals surface area contributed by atoms with Crippen molar-refractivity contribution in [2.24, 2.45) is 11.3 Å². The van der Waals surface area contributed by atoms with Crippen LogP contribution in [0.15, 0.2) is 30.3 Å². The molecule has 0 spiro atoms. The second kappa shape index (κ2) is 6.88. The summed E-state index contributed by atoms with van der Waals surface area (Å²) in [4.78, 5) is 0. The molecule has 0 aromatic heterocycles. The zero-order valence-electron chi connectivity index (χ0n) is 13.3. The Hall–Kier alpha value is -0.940. The Morgan fingerprint density at radius 3 is 2.48 bits per heavy atom. The van der Waals surface area contributed by atoms with Gasteiger partial charge in [0.05, 0.1) is 19.3 Å². The van der Waals surface area contributed by atoms with E-state index in [0.717, 1.165) is 5.56 Å². The lowest BCUT2D eigenvalue weighted by Crippen LogP contribution is -2.54. The van der Waals surface area contributed by atoms with Crippen molar-refractivity contribution in [2.75, 3.05) is 6.61 Å². The lowest BCUT2D eigenvalue weighted by atomic mass is 9.84. The average molecular weight is 294 g/mol. The Kier molecular flexibility index (Phi) is 5.38. The van der Waals surface area contributed by atoms with Gasteiger partial charge >= 0.3 is 0 Å². The molecule has 1 heterocycles. The second-order valence-corrected chi connectivity index (χ2v) is 6.55. The molecule has 1 fully saturated rings. The third kappa shape index (κ3) is 4.04. The molecule has 1 N–H and O–H groups in total. The van der Waals surface area contributed by atoms with Gasteiger partial charge in [-0.05, 0) is 5.56 Å². The number of hydrogen-bond donors (Lipinski definition) is 1. The fourth-order valence-corrected chi connectivity index (χ4v) is 2.26. The number of benzene rings is 1. The molecule has 0 bridgehead atoms. The zero-order chi connectivity index (χ0) is 15.5. The summed E-state index contributed by atoms with van der Waals surface area (Å²) in [5.74, 6) is 0.187. The quantitative estimate of drug-likeness (QED) is 0.907. The first kappa shape index (κ1) is 16.4. The lowest BCUT2D eigenvalue weighted by molar-refractivity contribution is -0.360. The zero-order valence-corrected chi connectivity index (χ0v) is 13.3. The molecule has 1 aromatic carbocycles. The SMILES string of the molecule is CC(C)[C@H]1O[C@@H](COCc2ccccc2)C(C)(C)[C@@H](O)O1. The summed E-state index contributed by atoms with van der Waals surface area (Å²) in [5, 5.41) is 10.2. The molecule has 1 aliphatic heterocycles. The molecular formula is C17H26O4. The van der Waals surface area contributed by atoms with Crippen LogP contribution in [-0.2, 0) is 20.8 Å². The van der Waals surface area contributed by atoms with Gasteiger partial charge in [-0.25, -0.2) is 0 Å². The summed E-state index contributed by atoms with van der Waals surface area (Å²) in [5.41, 5.74) is 0.630. The molecule has 2 rings (SSSR count). The molecule has 0 saturated carbocycles. The van der Waals surface area contributed by atoms with E-state index >= 15 is 0 Å². The standard InChI is InChI=1S/C17H26O4/c1-12(2)15-20-14(17(3,4)16(18)21-15)11-19-10-13-8-6-5-7-9-13/h5-9,12,14-16,18H,10-11H2,1-4H3/t14-,15-,16-/m0/s1. The van der Waals surface area contributed by atoms with E-state index in [1.165, 1.54) is 0 Å². The molecule has 0 unspecified atom stereocenters. The maximum Gasteiger partial charge on any atom is 0.165 e. The molecule has 1 saturated heterocycles. The number of aliphatic hydroxyl groups excluding tert-OH is 1. The van der Waals surface area contributed by atoms with Crippen LogP contribution in [0.1, 0.15) is 33.3 Å². The smallest absolute Gasteiger partial charge is 0.165 e. The van der Waals surface area contributed by atoms with E-state index in [1.807, 2.05) is 58.0 Å². The fourth-order valence-electron chi connectivity index (χ4n) is 2.26. The highest BCUT2D eigenvalue weighted by Gasteiger charge is 2.45. The first-order valence-electron chi connectivity index (χ1n) is 7.52. The van der Waals surface area contributed by atoms with Crippen LogP contribution >= 0.6 is 0 Å². The Balaban J connectivity index is 1.92. The average Bonchev–Trinajstić information content (AvgIpc) is 2.44. The van der Waals surface area contributed by atoms with Crippen LogP contribution in [0, 0.1) is 11.3 Å². The van der Waals surface area contributed by atoms with E-state index in [9.17, 15) is 5.11 Å². The highest BCUT2D eigenvalue weighted by molar-refractivity contribution is 5.13. The van der Waals surface area contributed by atoms with Gasteiger partial charge in [0.1, 0.15) is 0 Å². The normalized spacial score (nSPS) is 28.8. The van der Waals surface area contributed by atoms with Crippen molar-refractivity contribution in [2.45, 2.75) is 53.0 Å². The van der Waals surface area contributed by atoms with Gasteiger partial charge < -0.3 is 19.3 Å². The molecule has 4 heteroatoms. The van der Waals surface area contributed by atoms with Crippen molar-refractivity contribution >= 4 is 0 Å². The van der Waals surface area contributed by atoms with Crippen LogP contribution in [0.4, 0.5) is 0 Å². The highest BCUT2D eigenvalue weighted by atomic mass is 16.7. The van der Waals surface area contributed by atoms with Crippen LogP contribution in [-0.4, -0.2) is 30.4 Å². The van der Waals surface area contributed by atoms with Crippen molar-refractivity contribution in [1.29, 1.82) is 0 Å². The number of ether oxygens (including phenoxy) is 3. The minimum Gasteiger partial charge on any atom is -0.374 e. The van der Waals surface area contributed by atoms with Gasteiger partial charge in [0.25, 0.3) is 0 Å². The monoisotopic (exact) mass is 294 g/mol. The summed E-state index contributed by atoms with van der Waals surface area (Å²) >= 11 is 0. The van der Waals surface area contributed by atoms with Crippen LogP contribution in [0.25, 0.3) is 0 Å². The summed E-state index contributed by atoms with van der Waals surface area (Å²) < 4.78 is 17.3. The van der Waals surface area contributed by atoms with E-state index in [-0.39, 0.29) is 12.0 Å². The number of hydrogen-bond acceptors (Lipinski definition) is 4. The van der Waals surface area contributed by atoms with Gasteiger partial charge in [-0.2, -0.15) is 0 Å². The molecule has 1 aliphatic rings. The molecule has 0 aliphatic carbocycles. The Bertz CT molecular complexity index is 430. The van der Waals surface area contributed by atoms with Gasteiger partial charge in [-0.3, -0.25) is 0 Å². The van der Waals surface area contributed by atoms with Crippen LogP contribution in [0.3, 0.4) is 0 Å². The Morgan fingerprint density at radius 2 is 1.86 bits per heavy atom. The Labute approximate surface area is 127 Å². The molecule has 21 heavy (non-hydrogen) atoms. The third-order valence-corrected chi connectivity index (χ3v) is 3.95. The van der Waals surface area contributed by atoms with Crippen molar-refractivity contribution in [1.82, 2.24) is 0 Å². The van der Waals surface area contributed by atoms with Crippen molar-refractivity contribution in [3.8, 4) is 0 Å². The van der Waals surface area contributed by atoms with Crippen LogP contribution < -0.4 is 0 Å². The largest absolute Gasteiger partial charge is 0.374 e. The van der Waals surface area contributed by atoms with E-state index in [4.69, 9.17) is 14.2 Å². The summed E-state index contributed by atoms with van der Waals surface area (Å²) in [6.07, 6.45) is -1.43.